The van der Waals surface area contributed by atoms with E-state index in [1.54, 1.807) is 12.3 Å². The van der Waals surface area contributed by atoms with E-state index in [1.807, 2.05) is 0 Å². The van der Waals surface area contributed by atoms with Crippen LogP contribution >= 0.6 is 0 Å². The summed E-state index contributed by atoms with van der Waals surface area (Å²) in [6.45, 7) is 2.86. The summed E-state index contributed by atoms with van der Waals surface area (Å²) in [5.74, 6) is 1.06. The molecule has 0 aliphatic carbocycles. The number of nitrogens with two attached hydrogens (primary N) is 1. The van der Waals surface area contributed by atoms with Gasteiger partial charge in [0.25, 0.3) is 0 Å². The first kappa shape index (κ1) is 9.21. The van der Waals surface area contributed by atoms with Crippen molar-refractivity contribution >= 4 is 11.8 Å². The largest absolute Gasteiger partial charge is 0.376 e. The first-order valence-corrected chi connectivity index (χ1v) is 4.72. The van der Waals surface area contributed by atoms with E-state index in [0.717, 1.165) is 18.8 Å². The summed E-state index contributed by atoms with van der Waals surface area (Å²) in [6.07, 6.45) is 2.88. The van der Waals surface area contributed by atoms with Gasteiger partial charge in [-0.3, -0.25) is 0 Å². The molecule has 1 aliphatic rings. The van der Waals surface area contributed by atoms with Crippen LogP contribution in [0.4, 0.5) is 11.8 Å². The third-order valence-electron chi connectivity index (χ3n) is 2.38. The predicted octanol–water partition coefficient (Wildman–Crippen LogP) is 0.648. The van der Waals surface area contributed by atoms with Gasteiger partial charge in [0, 0.05) is 12.8 Å². The molecule has 1 aliphatic heterocycles. The second-order valence-electron chi connectivity index (χ2n) is 3.42. The van der Waals surface area contributed by atoms with Crippen LogP contribution in [0.2, 0.25) is 0 Å². The average Bonchev–Trinajstić information content (AvgIpc) is 2.52. The van der Waals surface area contributed by atoms with Crippen molar-refractivity contribution in [1.82, 2.24) is 9.97 Å². The van der Waals surface area contributed by atoms with Crippen molar-refractivity contribution in [2.75, 3.05) is 17.7 Å². The average molecular weight is 194 g/mol. The monoisotopic (exact) mass is 194 g/mol. The van der Waals surface area contributed by atoms with Crippen molar-refractivity contribution < 1.29 is 4.74 Å². The minimum atomic E-state index is 0.228. The maximum Gasteiger partial charge on any atom is 0.221 e. The molecule has 2 unspecified atom stereocenters. The number of nitrogens with one attached hydrogen (secondary N) is 1. The number of nitrogen functional groups attached to an aromatic ring is 1. The molecule has 5 heteroatoms. The zero-order valence-corrected chi connectivity index (χ0v) is 8.10. The molecule has 3 N–H and O–H groups in total. The van der Waals surface area contributed by atoms with Gasteiger partial charge in [-0.25, -0.2) is 4.98 Å². The number of hydrogen-bond donors (Lipinski definition) is 2. The van der Waals surface area contributed by atoms with E-state index in [-0.39, 0.29) is 6.10 Å². The van der Waals surface area contributed by atoms with E-state index < -0.39 is 0 Å². The van der Waals surface area contributed by atoms with Crippen LogP contribution in [0.15, 0.2) is 12.3 Å². The maximum absolute atomic E-state index is 5.47. The van der Waals surface area contributed by atoms with Crippen LogP contribution < -0.4 is 11.1 Å². The van der Waals surface area contributed by atoms with Crippen LogP contribution in [-0.4, -0.2) is 28.7 Å². The molecule has 1 fully saturated rings. The fourth-order valence-electron chi connectivity index (χ4n) is 1.57. The van der Waals surface area contributed by atoms with Gasteiger partial charge in [0.05, 0.1) is 12.1 Å². The molecule has 76 valence electrons. The highest BCUT2D eigenvalue weighted by molar-refractivity contribution is 5.38. The fraction of sp³-hybridized carbons (Fsp3) is 0.556. The molecule has 1 saturated heterocycles. The standard InChI is InChI=1S/C9H14N4O/c1-6-7(3-5-14-6)12-8-2-4-11-9(10)13-8/h2,4,6-7H,3,5H2,1H3,(H3,10,11,12,13). The molecule has 0 bridgehead atoms. The minimum absolute atomic E-state index is 0.228. The SMILES string of the molecule is CC1OCCC1Nc1ccnc(N)n1. The fourth-order valence-corrected chi connectivity index (χ4v) is 1.57. The van der Waals surface area contributed by atoms with E-state index in [1.165, 1.54) is 0 Å². The van der Waals surface area contributed by atoms with Gasteiger partial charge in [-0.2, -0.15) is 4.98 Å². The minimum Gasteiger partial charge on any atom is -0.376 e. The van der Waals surface area contributed by atoms with E-state index in [9.17, 15) is 0 Å². The number of rotatable bonds is 2. The van der Waals surface area contributed by atoms with Crippen LogP contribution in [0.5, 0.6) is 0 Å². The van der Waals surface area contributed by atoms with Gasteiger partial charge in [0.1, 0.15) is 5.82 Å². The van der Waals surface area contributed by atoms with E-state index in [4.69, 9.17) is 10.5 Å². The van der Waals surface area contributed by atoms with Crippen molar-refractivity contribution in [2.45, 2.75) is 25.5 Å². The molecule has 0 aromatic carbocycles. The zero-order valence-electron chi connectivity index (χ0n) is 8.10. The highest BCUT2D eigenvalue weighted by Gasteiger charge is 2.24. The highest BCUT2D eigenvalue weighted by Crippen LogP contribution is 2.17. The lowest BCUT2D eigenvalue weighted by atomic mass is 10.1. The van der Waals surface area contributed by atoms with Crippen molar-refractivity contribution in [3.05, 3.63) is 12.3 Å². The number of anilines is 2. The van der Waals surface area contributed by atoms with Crippen LogP contribution in [-0.2, 0) is 4.74 Å². The van der Waals surface area contributed by atoms with E-state index in [0.29, 0.717) is 12.0 Å². The number of nitrogens with zero attached hydrogens (tertiary/aromatic N) is 2. The topological polar surface area (TPSA) is 73.1 Å². The van der Waals surface area contributed by atoms with Crippen LogP contribution in [0.25, 0.3) is 0 Å². The third kappa shape index (κ3) is 1.93. The maximum atomic E-state index is 5.47. The van der Waals surface area contributed by atoms with Crippen LogP contribution in [0.3, 0.4) is 0 Å². The van der Waals surface area contributed by atoms with Crippen molar-refractivity contribution in [3.8, 4) is 0 Å². The first-order valence-electron chi connectivity index (χ1n) is 4.72. The second kappa shape index (κ2) is 3.79. The molecule has 0 amide bonds. The Morgan fingerprint density at radius 2 is 2.50 bits per heavy atom. The van der Waals surface area contributed by atoms with Gasteiger partial charge < -0.3 is 15.8 Å². The van der Waals surface area contributed by atoms with Gasteiger partial charge in [-0.1, -0.05) is 0 Å². The Kier molecular flexibility index (Phi) is 2.49. The zero-order chi connectivity index (χ0) is 9.97. The lowest BCUT2D eigenvalue weighted by Crippen LogP contribution is -2.27. The molecule has 2 atom stereocenters. The summed E-state index contributed by atoms with van der Waals surface area (Å²) in [5, 5.41) is 3.28. The van der Waals surface area contributed by atoms with Crippen LogP contribution in [0.1, 0.15) is 13.3 Å². The van der Waals surface area contributed by atoms with Crippen molar-refractivity contribution in [1.29, 1.82) is 0 Å². The van der Waals surface area contributed by atoms with Gasteiger partial charge in [-0.15, -0.1) is 0 Å². The number of aromatic nitrogens is 2. The molecule has 0 radical (unpaired) electrons. The molecule has 14 heavy (non-hydrogen) atoms. The quantitative estimate of drug-likeness (QED) is 0.723. The molecule has 1 aromatic heterocycles. The lowest BCUT2D eigenvalue weighted by Gasteiger charge is -2.16. The number of hydrogen-bond acceptors (Lipinski definition) is 5. The Bertz CT molecular complexity index is 317. The highest BCUT2D eigenvalue weighted by atomic mass is 16.5. The molecular formula is C9H14N4O. The van der Waals surface area contributed by atoms with E-state index >= 15 is 0 Å². The smallest absolute Gasteiger partial charge is 0.221 e. The summed E-state index contributed by atoms with van der Waals surface area (Å²) < 4.78 is 5.43. The van der Waals surface area contributed by atoms with Gasteiger partial charge in [0.15, 0.2) is 0 Å². The Balaban J connectivity index is 2.03. The molecule has 2 heterocycles. The Morgan fingerprint density at radius 1 is 1.64 bits per heavy atom. The molecule has 1 aromatic rings. The second-order valence-corrected chi connectivity index (χ2v) is 3.42. The van der Waals surface area contributed by atoms with Gasteiger partial charge >= 0.3 is 0 Å². The van der Waals surface area contributed by atoms with Gasteiger partial charge in [-0.05, 0) is 19.4 Å². The summed E-state index contributed by atoms with van der Waals surface area (Å²) >= 11 is 0. The summed E-state index contributed by atoms with van der Waals surface area (Å²) in [5.41, 5.74) is 5.47. The van der Waals surface area contributed by atoms with Crippen molar-refractivity contribution in [2.24, 2.45) is 0 Å². The van der Waals surface area contributed by atoms with Crippen LogP contribution in [0, 0.1) is 0 Å². The number of ether oxygens (including phenoxy) is 1. The lowest BCUT2D eigenvalue weighted by molar-refractivity contribution is 0.121. The summed E-state index contributed by atoms with van der Waals surface area (Å²) in [6, 6.07) is 2.13. The first-order chi connectivity index (χ1) is 6.75. The normalized spacial score (nSPS) is 26.4. The third-order valence-corrected chi connectivity index (χ3v) is 2.38. The summed E-state index contributed by atoms with van der Waals surface area (Å²) in [4.78, 5) is 7.90. The predicted molar refractivity (Wildman–Crippen MR) is 53.9 cm³/mol. The molecule has 2 rings (SSSR count). The Hall–Kier alpha value is -1.36. The molecule has 0 saturated carbocycles. The molecule has 5 nitrogen and oxygen atoms in total. The van der Waals surface area contributed by atoms with Gasteiger partial charge in [0.2, 0.25) is 5.95 Å². The Morgan fingerprint density at radius 3 is 3.14 bits per heavy atom. The van der Waals surface area contributed by atoms with Crippen molar-refractivity contribution in [3.63, 3.8) is 0 Å². The molecule has 0 spiro atoms. The molecular weight excluding hydrogens is 180 g/mol. The summed E-state index contributed by atoms with van der Waals surface area (Å²) in [7, 11) is 0. The van der Waals surface area contributed by atoms with E-state index in [2.05, 4.69) is 22.2 Å². The Labute approximate surface area is 82.7 Å².